The molecule has 1 aliphatic heterocycles. The average molecular weight is 268 g/mol. The highest BCUT2D eigenvalue weighted by Gasteiger charge is 2.30. The fourth-order valence-electron chi connectivity index (χ4n) is 2.25. The number of para-hydroxylation sites is 1. The van der Waals surface area contributed by atoms with Crippen molar-refractivity contribution in [3.63, 3.8) is 0 Å². The lowest BCUT2D eigenvalue weighted by molar-refractivity contribution is -0.117. The van der Waals surface area contributed by atoms with Crippen LogP contribution in [-0.4, -0.2) is 16.9 Å². The molecular formula is C15H16N4O. The van der Waals surface area contributed by atoms with Gasteiger partial charge in [0.15, 0.2) is 0 Å². The summed E-state index contributed by atoms with van der Waals surface area (Å²) in [7, 11) is 0. The van der Waals surface area contributed by atoms with Crippen LogP contribution in [0.3, 0.4) is 0 Å². The van der Waals surface area contributed by atoms with Crippen LogP contribution in [0.5, 0.6) is 0 Å². The van der Waals surface area contributed by atoms with Crippen LogP contribution in [0.1, 0.15) is 18.2 Å². The summed E-state index contributed by atoms with van der Waals surface area (Å²) in [5.41, 5.74) is 7.89. The molecule has 3 rings (SSSR count). The molecule has 0 aliphatic carbocycles. The van der Waals surface area contributed by atoms with Crippen molar-refractivity contribution in [3.05, 3.63) is 60.4 Å². The van der Waals surface area contributed by atoms with Gasteiger partial charge >= 0.3 is 0 Å². The molecule has 1 fully saturated rings. The van der Waals surface area contributed by atoms with Crippen molar-refractivity contribution in [3.8, 4) is 0 Å². The van der Waals surface area contributed by atoms with Crippen LogP contribution in [0.2, 0.25) is 0 Å². The monoisotopic (exact) mass is 268 g/mol. The minimum atomic E-state index is -0.262. The zero-order valence-electron chi connectivity index (χ0n) is 10.9. The SMILES string of the molecule is O=C(Nc1ccccc1)C1CC(c2ccccn2)NN1. The molecule has 0 bridgehead atoms. The van der Waals surface area contributed by atoms with Crippen LogP contribution in [0.25, 0.3) is 0 Å². The van der Waals surface area contributed by atoms with Crippen molar-refractivity contribution in [2.45, 2.75) is 18.5 Å². The summed E-state index contributed by atoms with van der Waals surface area (Å²) in [5, 5.41) is 2.89. The number of carbonyl (C=O) groups excluding carboxylic acids is 1. The fourth-order valence-corrected chi connectivity index (χ4v) is 2.25. The first-order valence-electron chi connectivity index (χ1n) is 6.61. The summed E-state index contributed by atoms with van der Waals surface area (Å²) in [6.07, 6.45) is 2.43. The van der Waals surface area contributed by atoms with Crippen molar-refractivity contribution in [1.82, 2.24) is 15.8 Å². The quantitative estimate of drug-likeness (QED) is 0.791. The molecule has 102 valence electrons. The van der Waals surface area contributed by atoms with Crippen molar-refractivity contribution >= 4 is 11.6 Å². The maximum atomic E-state index is 12.2. The Morgan fingerprint density at radius 3 is 2.65 bits per heavy atom. The molecule has 0 spiro atoms. The summed E-state index contributed by atoms with van der Waals surface area (Å²) < 4.78 is 0. The summed E-state index contributed by atoms with van der Waals surface area (Å²) in [5.74, 6) is -0.0397. The number of rotatable bonds is 3. The smallest absolute Gasteiger partial charge is 0.242 e. The highest BCUT2D eigenvalue weighted by atomic mass is 16.2. The number of nitrogens with zero attached hydrogens (tertiary/aromatic N) is 1. The standard InChI is InChI=1S/C15H16N4O/c20-15(17-11-6-2-1-3-7-11)14-10-13(18-19-14)12-8-4-5-9-16-12/h1-9,13-14,18-19H,10H2,(H,17,20). The predicted molar refractivity (Wildman–Crippen MR) is 76.7 cm³/mol. The maximum Gasteiger partial charge on any atom is 0.242 e. The maximum absolute atomic E-state index is 12.2. The van der Waals surface area contributed by atoms with Crippen LogP contribution in [-0.2, 0) is 4.79 Å². The molecule has 2 unspecified atom stereocenters. The Kier molecular flexibility index (Phi) is 3.71. The number of nitrogens with one attached hydrogen (secondary N) is 3. The summed E-state index contributed by atoms with van der Waals surface area (Å²) >= 11 is 0. The van der Waals surface area contributed by atoms with E-state index in [0.717, 1.165) is 11.4 Å². The van der Waals surface area contributed by atoms with E-state index in [4.69, 9.17) is 0 Å². The molecule has 2 heterocycles. The molecule has 1 saturated heterocycles. The molecule has 5 nitrogen and oxygen atoms in total. The van der Waals surface area contributed by atoms with E-state index in [1.165, 1.54) is 0 Å². The van der Waals surface area contributed by atoms with E-state index in [1.54, 1.807) is 6.20 Å². The van der Waals surface area contributed by atoms with Gasteiger partial charge in [0.05, 0.1) is 11.7 Å². The van der Waals surface area contributed by atoms with E-state index in [0.29, 0.717) is 6.42 Å². The zero-order chi connectivity index (χ0) is 13.8. The Hall–Kier alpha value is -2.24. The zero-order valence-corrected chi connectivity index (χ0v) is 10.9. The van der Waals surface area contributed by atoms with E-state index >= 15 is 0 Å². The number of anilines is 1. The van der Waals surface area contributed by atoms with Gasteiger partial charge in [0.1, 0.15) is 6.04 Å². The van der Waals surface area contributed by atoms with Crippen molar-refractivity contribution < 1.29 is 4.79 Å². The lowest BCUT2D eigenvalue weighted by Crippen LogP contribution is -2.39. The van der Waals surface area contributed by atoms with Crippen LogP contribution in [0.4, 0.5) is 5.69 Å². The highest BCUT2D eigenvalue weighted by molar-refractivity contribution is 5.95. The summed E-state index contributed by atoms with van der Waals surface area (Å²) in [6.45, 7) is 0. The predicted octanol–water partition coefficient (Wildman–Crippen LogP) is 1.63. The van der Waals surface area contributed by atoms with Crippen molar-refractivity contribution in [2.75, 3.05) is 5.32 Å². The topological polar surface area (TPSA) is 66.0 Å². The second kappa shape index (κ2) is 5.81. The number of carbonyl (C=O) groups is 1. The fraction of sp³-hybridized carbons (Fsp3) is 0.200. The Morgan fingerprint density at radius 2 is 1.90 bits per heavy atom. The van der Waals surface area contributed by atoms with Gasteiger partial charge < -0.3 is 5.32 Å². The van der Waals surface area contributed by atoms with E-state index < -0.39 is 0 Å². The first-order chi connectivity index (χ1) is 9.83. The van der Waals surface area contributed by atoms with Crippen LogP contribution >= 0.6 is 0 Å². The van der Waals surface area contributed by atoms with Gasteiger partial charge in [0.25, 0.3) is 0 Å². The molecule has 1 aromatic carbocycles. The first-order valence-corrected chi connectivity index (χ1v) is 6.61. The van der Waals surface area contributed by atoms with Crippen molar-refractivity contribution in [2.24, 2.45) is 0 Å². The summed E-state index contributed by atoms with van der Waals surface area (Å²) in [4.78, 5) is 16.5. The summed E-state index contributed by atoms with van der Waals surface area (Å²) in [6, 6.07) is 15.0. The third-order valence-corrected chi connectivity index (χ3v) is 3.31. The molecule has 5 heteroatoms. The van der Waals surface area contributed by atoms with E-state index in [-0.39, 0.29) is 18.0 Å². The Morgan fingerprint density at radius 1 is 1.10 bits per heavy atom. The largest absolute Gasteiger partial charge is 0.325 e. The molecule has 1 amide bonds. The number of hydrazine groups is 1. The average Bonchev–Trinajstić information content (AvgIpc) is 2.99. The third-order valence-electron chi connectivity index (χ3n) is 3.31. The molecule has 1 aliphatic rings. The minimum Gasteiger partial charge on any atom is -0.325 e. The second-order valence-corrected chi connectivity index (χ2v) is 4.74. The number of aromatic nitrogens is 1. The lowest BCUT2D eigenvalue weighted by Gasteiger charge is -2.10. The molecule has 1 aromatic heterocycles. The Bertz CT molecular complexity index is 573. The second-order valence-electron chi connectivity index (χ2n) is 4.74. The number of hydrogen-bond donors (Lipinski definition) is 3. The normalized spacial score (nSPS) is 21.6. The van der Waals surface area contributed by atoms with Gasteiger partial charge in [-0.1, -0.05) is 24.3 Å². The number of hydrogen-bond acceptors (Lipinski definition) is 4. The van der Waals surface area contributed by atoms with Gasteiger partial charge in [0.2, 0.25) is 5.91 Å². The molecule has 2 aromatic rings. The number of amides is 1. The van der Waals surface area contributed by atoms with Crippen molar-refractivity contribution in [1.29, 1.82) is 0 Å². The number of benzene rings is 1. The molecule has 20 heavy (non-hydrogen) atoms. The van der Waals surface area contributed by atoms with E-state index in [2.05, 4.69) is 21.2 Å². The van der Waals surface area contributed by atoms with Crippen LogP contribution in [0.15, 0.2) is 54.7 Å². The molecule has 0 radical (unpaired) electrons. The Balaban J connectivity index is 1.61. The molecular weight excluding hydrogens is 252 g/mol. The molecule has 0 saturated carbocycles. The molecule has 2 atom stereocenters. The third kappa shape index (κ3) is 2.84. The van der Waals surface area contributed by atoms with Crippen LogP contribution < -0.4 is 16.2 Å². The number of pyridine rings is 1. The highest BCUT2D eigenvalue weighted by Crippen LogP contribution is 2.20. The van der Waals surface area contributed by atoms with Gasteiger partial charge in [-0.25, -0.2) is 10.9 Å². The van der Waals surface area contributed by atoms with Gasteiger partial charge in [-0.3, -0.25) is 9.78 Å². The lowest BCUT2D eigenvalue weighted by atomic mass is 10.1. The van der Waals surface area contributed by atoms with Crippen LogP contribution in [0, 0.1) is 0 Å². The Labute approximate surface area is 117 Å². The van der Waals surface area contributed by atoms with E-state index in [9.17, 15) is 4.79 Å². The molecule has 3 N–H and O–H groups in total. The van der Waals surface area contributed by atoms with E-state index in [1.807, 2.05) is 48.5 Å². The van der Waals surface area contributed by atoms with Gasteiger partial charge in [-0.05, 0) is 30.7 Å². The van der Waals surface area contributed by atoms with Gasteiger partial charge in [0, 0.05) is 11.9 Å². The minimum absolute atomic E-state index is 0.0397. The van der Waals surface area contributed by atoms with Gasteiger partial charge in [-0.2, -0.15) is 0 Å². The first kappa shape index (κ1) is 12.8. The van der Waals surface area contributed by atoms with Gasteiger partial charge in [-0.15, -0.1) is 0 Å².